The molecule has 8 heteroatoms. The number of hydrogen-bond acceptors (Lipinski definition) is 2. The second kappa shape index (κ2) is 5.25. The van der Waals surface area contributed by atoms with Crippen molar-refractivity contribution in [3.63, 3.8) is 0 Å². The zero-order valence-corrected chi connectivity index (χ0v) is 10.7. The van der Waals surface area contributed by atoms with Crippen molar-refractivity contribution in [1.82, 2.24) is 5.32 Å². The summed E-state index contributed by atoms with van der Waals surface area (Å²) in [7, 11) is 1.34. The van der Waals surface area contributed by atoms with Crippen LogP contribution in [0.5, 0.6) is 0 Å². The van der Waals surface area contributed by atoms with E-state index in [9.17, 15) is 31.4 Å². The van der Waals surface area contributed by atoms with Crippen molar-refractivity contribution in [2.24, 2.45) is 0 Å². The van der Waals surface area contributed by atoms with Gasteiger partial charge in [-0.15, -0.1) is 0 Å². The molecule has 0 saturated heterocycles. The fraction of sp³-hybridized carbons (Fsp3) is 0.500. The lowest BCUT2D eigenvalue weighted by atomic mass is 9.89. The van der Waals surface area contributed by atoms with E-state index in [1.807, 2.05) is 0 Å². The summed E-state index contributed by atoms with van der Waals surface area (Å²) in [5.74, 6) is 0. The van der Waals surface area contributed by atoms with Crippen molar-refractivity contribution in [1.29, 1.82) is 0 Å². The SMILES string of the molecule is CNC(C)(CO)c1cc(C(F)(F)F)cc(C(F)(F)F)c1. The van der Waals surface area contributed by atoms with E-state index in [2.05, 4.69) is 5.32 Å². The number of aliphatic hydroxyl groups is 1. The van der Waals surface area contributed by atoms with Crippen LogP contribution in [0.1, 0.15) is 23.6 Å². The normalized spacial score (nSPS) is 16.1. The van der Waals surface area contributed by atoms with E-state index in [0.717, 1.165) is 0 Å². The Morgan fingerprint density at radius 2 is 1.25 bits per heavy atom. The summed E-state index contributed by atoms with van der Waals surface area (Å²) in [6, 6.07) is 1.25. The topological polar surface area (TPSA) is 32.3 Å². The molecule has 2 N–H and O–H groups in total. The molecular formula is C12H13F6NO. The van der Waals surface area contributed by atoms with Crippen LogP contribution in [0.3, 0.4) is 0 Å². The molecule has 0 aliphatic heterocycles. The molecule has 0 aliphatic rings. The molecule has 1 atom stereocenters. The summed E-state index contributed by atoms with van der Waals surface area (Å²) in [6.07, 6.45) is -9.81. The second-order valence-electron chi connectivity index (χ2n) is 4.53. The molecular weight excluding hydrogens is 288 g/mol. The zero-order valence-electron chi connectivity index (χ0n) is 10.7. The third-order valence-electron chi connectivity index (χ3n) is 3.09. The average molecular weight is 301 g/mol. The van der Waals surface area contributed by atoms with Crippen molar-refractivity contribution in [2.45, 2.75) is 24.8 Å². The predicted octanol–water partition coefficient (Wildman–Crippen LogP) is 3.15. The second-order valence-corrected chi connectivity index (χ2v) is 4.53. The van der Waals surface area contributed by atoms with Crippen LogP contribution < -0.4 is 5.32 Å². The molecule has 0 radical (unpaired) electrons. The van der Waals surface area contributed by atoms with Gasteiger partial charge in [-0.25, -0.2) is 0 Å². The lowest BCUT2D eigenvalue weighted by molar-refractivity contribution is -0.143. The van der Waals surface area contributed by atoms with Gasteiger partial charge in [0.25, 0.3) is 0 Å². The summed E-state index contributed by atoms with van der Waals surface area (Å²) in [6.45, 7) is 0.657. The predicted molar refractivity (Wildman–Crippen MR) is 59.9 cm³/mol. The van der Waals surface area contributed by atoms with E-state index in [4.69, 9.17) is 0 Å². The fourth-order valence-electron chi connectivity index (χ4n) is 1.59. The number of nitrogens with one attached hydrogen (secondary N) is 1. The quantitative estimate of drug-likeness (QED) is 0.841. The zero-order chi connectivity index (χ0) is 15.8. The molecule has 0 amide bonds. The summed E-state index contributed by atoms with van der Waals surface area (Å²) in [5, 5.41) is 11.7. The Morgan fingerprint density at radius 1 is 0.900 bits per heavy atom. The third-order valence-corrected chi connectivity index (χ3v) is 3.09. The minimum Gasteiger partial charge on any atom is -0.394 e. The van der Waals surface area contributed by atoms with Crippen LogP contribution in [0.2, 0.25) is 0 Å². The van der Waals surface area contributed by atoms with Crippen LogP contribution >= 0.6 is 0 Å². The fourth-order valence-corrected chi connectivity index (χ4v) is 1.59. The Bertz CT molecular complexity index is 444. The van der Waals surface area contributed by atoms with E-state index >= 15 is 0 Å². The Morgan fingerprint density at radius 3 is 1.50 bits per heavy atom. The highest BCUT2D eigenvalue weighted by molar-refractivity contribution is 5.37. The molecule has 114 valence electrons. The van der Waals surface area contributed by atoms with Gasteiger partial charge in [0, 0.05) is 0 Å². The molecule has 0 aliphatic carbocycles. The first-order valence-electron chi connectivity index (χ1n) is 5.54. The molecule has 20 heavy (non-hydrogen) atoms. The van der Waals surface area contributed by atoms with E-state index in [-0.39, 0.29) is 11.6 Å². The maximum absolute atomic E-state index is 12.7. The standard InChI is InChI=1S/C12H13F6NO/c1-10(6-20,19-2)7-3-8(11(13,14)15)5-9(4-7)12(16,17)18/h3-5,19-20H,6H2,1-2H3. The van der Waals surface area contributed by atoms with E-state index in [0.29, 0.717) is 12.1 Å². The van der Waals surface area contributed by atoms with Crippen molar-refractivity contribution in [3.05, 3.63) is 34.9 Å². The monoisotopic (exact) mass is 301 g/mol. The van der Waals surface area contributed by atoms with Crippen LogP contribution in [-0.2, 0) is 17.9 Å². The number of aliphatic hydroxyl groups excluding tert-OH is 1. The van der Waals surface area contributed by atoms with Crippen LogP contribution in [-0.4, -0.2) is 18.8 Å². The van der Waals surface area contributed by atoms with Gasteiger partial charge in [0.1, 0.15) is 0 Å². The number of likely N-dealkylation sites (N-methyl/N-ethyl adjacent to an activating group) is 1. The van der Waals surface area contributed by atoms with Gasteiger partial charge < -0.3 is 10.4 Å². The van der Waals surface area contributed by atoms with Crippen LogP contribution in [0.15, 0.2) is 18.2 Å². The first-order valence-corrected chi connectivity index (χ1v) is 5.54. The lowest BCUT2D eigenvalue weighted by Gasteiger charge is -2.29. The summed E-state index contributed by atoms with van der Waals surface area (Å²) < 4.78 is 76.1. The molecule has 0 heterocycles. The minimum atomic E-state index is -4.90. The number of rotatable bonds is 3. The molecule has 1 aromatic carbocycles. The third kappa shape index (κ3) is 3.43. The molecule has 0 saturated carbocycles. The molecule has 0 bridgehead atoms. The maximum Gasteiger partial charge on any atom is 0.416 e. The number of benzene rings is 1. The maximum atomic E-state index is 12.7. The number of halogens is 6. The molecule has 0 aromatic heterocycles. The Hall–Kier alpha value is -1.28. The summed E-state index contributed by atoms with van der Waals surface area (Å²) >= 11 is 0. The van der Waals surface area contributed by atoms with Gasteiger partial charge in [0.15, 0.2) is 0 Å². The Balaban J connectivity index is 3.54. The van der Waals surface area contributed by atoms with Crippen LogP contribution in [0, 0.1) is 0 Å². The van der Waals surface area contributed by atoms with Gasteiger partial charge >= 0.3 is 12.4 Å². The van der Waals surface area contributed by atoms with Crippen LogP contribution in [0.4, 0.5) is 26.3 Å². The first-order chi connectivity index (χ1) is 8.94. The van der Waals surface area contributed by atoms with E-state index in [1.165, 1.54) is 14.0 Å². The van der Waals surface area contributed by atoms with Gasteiger partial charge in [-0.2, -0.15) is 26.3 Å². The van der Waals surface area contributed by atoms with Crippen molar-refractivity contribution < 1.29 is 31.4 Å². The van der Waals surface area contributed by atoms with Crippen molar-refractivity contribution in [2.75, 3.05) is 13.7 Å². The van der Waals surface area contributed by atoms with Gasteiger partial charge in [-0.3, -0.25) is 0 Å². The minimum absolute atomic E-state index is 0.0525. The molecule has 1 aromatic rings. The van der Waals surface area contributed by atoms with Gasteiger partial charge in [0.2, 0.25) is 0 Å². The molecule has 0 fully saturated rings. The highest BCUT2D eigenvalue weighted by Crippen LogP contribution is 2.38. The number of alkyl halides is 6. The van der Waals surface area contributed by atoms with E-state index in [1.54, 1.807) is 0 Å². The smallest absolute Gasteiger partial charge is 0.394 e. The highest BCUT2D eigenvalue weighted by atomic mass is 19.4. The summed E-state index contributed by atoms with van der Waals surface area (Å²) in [5.41, 5.74) is -4.50. The Labute approximate surface area is 111 Å². The van der Waals surface area contributed by atoms with Gasteiger partial charge in [-0.05, 0) is 37.7 Å². The van der Waals surface area contributed by atoms with Crippen molar-refractivity contribution in [3.8, 4) is 0 Å². The van der Waals surface area contributed by atoms with Crippen LogP contribution in [0.25, 0.3) is 0 Å². The molecule has 0 spiro atoms. The van der Waals surface area contributed by atoms with Gasteiger partial charge in [-0.1, -0.05) is 0 Å². The lowest BCUT2D eigenvalue weighted by Crippen LogP contribution is -2.40. The highest BCUT2D eigenvalue weighted by Gasteiger charge is 2.38. The molecule has 1 unspecified atom stereocenters. The summed E-state index contributed by atoms with van der Waals surface area (Å²) in [4.78, 5) is 0. The largest absolute Gasteiger partial charge is 0.416 e. The van der Waals surface area contributed by atoms with Crippen molar-refractivity contribution >= 4 is 0 Å². The van der Waals surface area contributed by atoms with Gasteiger partial charge in [0.05, 0.1) is 23.3 Å². The van der Waals surface area contributed by atoms with E-state index < -0.39 is 35.6 Å². The molecule has 1 rings (SSSR count). The molecule has 2 nitrogen and oxygen atoms in total. The number of hydrogen-bond donors (Lipinski definition) is 2. The Kier molecular flexibility index (Phi) is 4.40. The first kappa shape index (κ1) is 16.8. The average Bonchev–Trinajstić information content (AvgIpc) is 2.35.